The van der Waals surface area contributed by atoms with Crippen molar-refractivity contribution in [2.75, 3.05) is 38.0 Å². The van der Waals surface area contributed by atoms with E-state index in [1.165, 1.54) is 25.0 Å². The molecule has 2 N–H and O–H groups in total. The Morgan fingerprint density at radius 1 is 1.10 bits per heavy atom. The number of benzene rings is 1. The van der Waals surface area contributed by atoms with Gasteiger partial charge in [-0.1, -0.05) is 26.7 Å². The Morgan fingerprint density at radius 2 is 1.77 bits per heavy atom. The number of hydrogen-bond donors (Lipinski definition) is 2. The number of anilines is 1. The summed E-state index contributed by atoms with van der Waals surface area (Å²) < 4.78 is 13.0. The van der Waals surface area contributed by atoms with Crippen molar-refractivity contribution in [1.29, 1.82) is 0 Å². The molecule has 1 saturated carbocycles. The smallest absolute Gasteiger partial charge is 0.238 e. The normalized spacial score (nSPS) is 26.7. The second kappa shape index (κ2) is 10.4. The van der Waals surface area contributed by atoms with Crippen LogP contribution in [0.2, 0.25) is 0 Å². The fourth-order valence-corrected chi connectivity index (χ4v) is 4.50. The molecule has 1 aliphatic heterocycles. The van der Waals surface area contributed by atoms with Crippen LogP contribution >= 0.6 is 0 Å². The fourth-order valence-electron chi connectivity index (χ4n) is 4.50. The Hall–Kier alpha value is -1.99. The molecule has 30 heavy (non-hydrogen) atoms. The van der Waals surface area contributed by atoms with E-state index in [0.717, 1.165) is 32.6 Å². The molecular formula is C23H35FN4O2. The van der Waals surface area contributed by atoms with Crippen LogP contribution in [0.1, 0.15) is 40.0 Å². The van der Waals surface area contributed by atoms with Gasteiger partial charge < -0.3 is 10.6 Å². The fraction of sp³-hybridized carbons (Fsp3) is 0.652. The van der Waals surface area contributed by atoms with Crippen LogP contribution < -0.4 is 10.6 Å². The van der Waals surface area contributed by atoms with Crippen molar-refractivity contribution in [3.8, 4) is 0 Å². The monoisotopic (exact) mass is 418 g/mol. The van der Waals surface area contributed by atoms with Crippen LogP contribution in [0.25, 0.3) is 0 Å². The molecule has 3 rings (SSSR count). The molecule has 2 aliphatic rings. The first-order chi connectivity index (χ1) is 14.3. The molecule has 6 nitrogen and oxygen atoms in total. The third-order valence-corrected chi connectivity index (χ3v) is 6.86. The van der Waals surface area contributed by atoms with Crippen molar-refractivity contribution in [2.24, 2.45) is 11.8 Å². The van der Waals surface area contributed by atoms with Crippen LogP contribution in [0.4, 0.5) is 10.1 Å². The van der Waals surface area contributed by atoms with E-state index in [1.54, 1.807) is 12.1 Å². The topological polar surface area (TPSA) is 64.7 Å². The lowest BCUT2D eigenvalue weighted by molar-refractivity contribution is -0.128. The van der Waals surface area contributed by atoms with E-state index in [-0.39, 0.29) is 29.7 Å². The highest BCUT2D eigenvalue weighted by Crippen LogP contribution is 2.29. The zero-order valence-corrected chi connectivity index (χ0v) is 18.4. The van der Waals surface area contributed by atoms with Crippen molar-refractivity contribution >= 4 is 17.5 Å². The molecule has 0 unspecified atom stereocenters. The summed E-state index contributed by atoms with van der Waals surface area (Å²) in [6.45, 7) is 9.79. The minimum Gasteiger partial charge on any atom is -0.352 e. The van der Waals surface area contributed by atoms with Gasteiger partial charge in [-0.15, -0.1) is 0 Å². The Morgan fingerprint density at radius 3 is 2.43 bits per heavy atom. The van der Waals surface area contributed by atoms with Gasteiger partial charge in [0, 0.05) is 37.9 Å². The van der Waals surface area contributed by atoms with Crippen LogP contribution in [-0.2, 0) is 9.59 Å². The van der Waals surface area contributed by atoms with E-state index in [4.69, 9.17) is 0 Å². The standard InChI is InChI=1S/C23H35FN4O2/c1-16-5-4-6-21(17(16)2)26-23(30)18(3)28-13-11-27(12-14-28)15-22(29)25-20-9-7-19(24)8-10-20/h7-10,16-18,21H,4-6,11-15H2,1-3H3,(H,25,29)(H,26,30)/t16-,17+,18+,21-/m0/s1. The lowest BCUT2D eigenvalue weighted by Gasteiger charge is -2.39. The van der Waals surface area contributed by atoms with Gasteiger partial charge in [0.05, 0.1) is 12.6 Å². The highest BCUT2D eigenvalue weighted by Gasteiger charge is 2.31. The maximum atomic E-state index is 13.0. The predicted molar refractivity (Wildman–Crippen MR) is 117 cm³/mol. The molecule has 1 saturated heterocycles. The third-order valence-electron chi connectivity index (χ3n) is 6.86. The van der Waals surface area contributed by atoms with Gasteiger partial charge in [0.15, 0.2) is 0 Å². The summed E-state index contributed by atoms with van der Waals surface area (Å²) in [5, 5.41) is 6.08. The lowest BCUT2D eigenvalue weighted by Crippen LogP contribution is -2.56. The van der Waals surface area contributed by atoms with E-state index < -0.39 is 0 Å². The number of amides is 2. The number of carbonyl (C=O) groups is 2. The summed E-state index contributed by atoms with van der Waals surface area (Å²) in [4.78, 5) is 29.3. The van der Waals surface area contributed by atoms with E-state index in [2.05, 4.69) is 34.3 Å². The number of hydrogen-bond acceptors (Lipinski definition) is 4. The number of nitrogens with one attached hydrogen (secondary N) is 2. The van der Waals surface area contributed by atoms with E-state index in [9.17, 15) is 14.0 Å². The van der Waals surface area contributed by atoms with Gasteiger partial charge in [0.1, 0.15) is 5.82 Å². The molecule has 2 amide bonds. The Balaban J connectivity index is 1.41. The van der Waals surface area contributed by atoms with Gasteiger partial charge in [-0.2, -0.15) is 0 Å². The lowest BCUT2D eigenvalue weighted by atomic mass is 9.78. The summed E-state index contributed by atoms with van der Waals surface area (Å²) in [7, 11) is 0. The summed E-state index contributed by atoms with van der Waals surface area (Å²) in [6, 6.07) is 5.88. The van der Waals surface area contributed by atoms with Gasteiger partial charge >= 0.3 is 0 Å². The first-order valence-corrected chi connectivity index (χ1v) is 11.2. The number of carbonyl (C=O) groups excluding carboxylic acids is 2. The summed E-state index contributed by atoms with van der Waals surface area (Å²) in [5.41, 5.74) is 0.594. The average molecular weight is 419 g/mol. The Bertz CT molecular complexity index is 718. The molecule has 1 aliphatic carbocycles. The third kappa shape index (κ3) is 6.01. The molecule has 166 valence electrons. The number of rotatable bonds is 6. The van der Waals surface area contributed by atoms with Gasteiger partial charge in [-0.3, -0.25) is 19.4 Å². The molecule has 1 aromatic carbocycles. The Kier molecular flexibility index (Phi) is 7.83. The van der Waals surface area contributed by atoms with Gasteiger partial charge in [-0.25, -0.2) is 4.39 Å². The molecule has 1 heterocycles. The highest BCUT2D eigenvalue weighted by atomic mass is 19.1. The van der Waals surface area contributed by atoms with Crippen molar-refractivity contribution in [3.63, 3.8) is 0 Å². The zero-order valence-electron chi connectivity index (χ0n) is 18.4. The molecule has 7 heteroatoms. The first-order valence-electron chi connectivity index (χ1n) is 11.2. The first kappa shape index (κ1) is 22.7. The molecule has 2 fully saturated rings. The van der Waals surface area contributed by atoms with E-state index >= 15 is 0 Å². The van der Waals surface area contributed by atoms with Crippen LogP contribution in [0.5, 0.6) is 0 Å². The number of nitrogens with zero attached hydrogens (tertiary/aromatic N) is 2. The average Bonchev–Trinajstić information content (AvgIpc) is 2.73. The van der Waals surface area contributed by atoms with E-state index in [1.807, 2.05) is 6.92 Å². The van der Waals surface area contributed by atoms with Crippen molar-refractivity contribution in [3.05, 3.63) is 30.1 Å². The van der Waals surface area contributed by atoms with Crippen LogP contribution in [-0.4, -0.2) is 66.4 Å². The molecule has 1 aromatic rings. The van der Waals surface area contributed by atoms with E-state index in [0.29, 0.717) is 24.1 Å². The van der Waals surface area contributed by atoms with Crippen LogP contribution in [0.15, 0.2) is 24.3 Å². The van der Waals surface area contributed by atoms with Gasteiger partial charge in [-0.05, 0) is 49.4 Å². The molecule has 0 bridgehead atoms. The molecule has 0 spiro atoms. The van der Waals surface area contributed by atoms with Crippen molar-refractivity contribution in [1.82, 2.24) is 15.1 Å². The summed E-state index contributed by atoms with van der Waals surface area (Å²) in [6.07, 6.45) is 3.50. The summed E-state index contributed by atoms with van der Waals surface area (Å²) in [5.74, 6) is 0.856. The highest BCUT2D eigenvalue weighted by molar-refractivity contribution is 5.92. The van der Waals surface area contributed by atoms with Gasteiger partial charge in [0.25, 0.3) is 0 Å². The van der Waals surface area contributed by atoms with Crippen molar-refractivity contribution in [2.45, 2.75) is 52.1 Å². The molecular weight excluding hydrogens is 383 g/mol. The molecule has 0 aromatic heterocycles. The largest absolute Gasteiger partial charge is 0.352 e. The van der Waals surface area contributed by atoms with Gasteiger partial charge in [0.2, 0.25) is 11.8 Å². The maximum Gasteiger partial charge on any atom is 0.238 e. The number of halogens is 1. The summed E-state index contributed by atoms with van der Waals surface area (Å²) >= 11 is 0. The van der Waals surface area contributed by atoms with Crippen LogP contribution in [0, 0.1) is 17.7 Å². The second-order valence-electron chi connectivity index (χ2n) is 8.93. The maximum absolute atomic E-state index is 13.0. The molecule has 0 radical (unpaired) electrons. The minimum atomic E-state index is -0.324. The SMILES string of the molecule is C[C@H]1[C@@H](NC(=O)[C@@H](C)N2CCN(CC(=O)Nc3ccc(F)cc3)CC2)CCC[C@@H]1C. The van der Waals surface area contributed by atoms with Crippen molar-refractivity contribution < 1.29 is 14.0 Å². The van der Waals surface area contributed by atoms with Crippen LogP contribution in [0.3, 0.4) is 0 Å². The Labute approximate surface area is 179 Å². The molecule has 4 atom stereocenters. The zero-order chi connectivity index (χ0) is 21.7. The number of piperazine rings is 1. The minimum absolute atomic E-state index is 0.110. The quantitative estimate of drug-likeness (QED) is 0.746. The predicted octanol–water partition coefficient (Wildman–Crippen LogP) is 2.71. The second-order valence-corrected chi connectivity index (χ2v) is 8.93.